The summed E-state index contributed by atoms with van der Waals surface area (Å²) in [5, 5.41) is 6.20. The predicted molar refractivity (Wildman–Crippen MR) is 79.4 cm³/mol. The summed E-state index contributed by atoms with van der Waals surface area (Å²) in [4.78, 5) is 15.7. The molecule has 1 atom stereocenters. The highest BCUT2D eigenvalue weighted by atomic mass is 16.6. The maximum Gasteiger partial charge on any atom is 0.407 e. The average Bonchev–Trinajstić information content (AvgIpc) is 2.36. The molecule has 0 aliphatic heterocycles. The van der Waals surface area contributed by atoms with Gasteiger partial charge in [-0.3, -0.25) is 4.98 Å². The predicted octanol–water partition coefficient (Wildman–Crippen LogP) is 2.47. The van der Waals surface area contributed by atoms with Crippen LogP contribution >= 0.6 is 0 Å². The smallest absolute Gasteiger partial charge is 0.407 e. The third kappa shape index (κ3) is 7.09. The topological polar surface area (TPSA) is 63.2 Å². The Labute approximate surface area is 121 Å². The van der Waals surface area contributed by atoms with Crippen molar-refractivity contribution >= 4 is 6.09 Å². The molecule has 2 N–H and O–H groups in total. The zero-order chi connectivity index (χ0) is 15.0. The minimum absolute atomic E-state index is 0.0617. The summed E-state index contributed by atoms with van der Waals surface area (Å²) in [7, 11) is 0. The number of amides is 1. The first-order valence-corrected chi connectivity index (χ1v) is 7.00. The molecule has 0 saturated carbocycles. The lowest BCUT2D eigenvalue weighted by Gasteiger charge is -2.23. The maximum atomic E-state index is 11.7. The van der Waals surface area contributed by atoms with Gasteiger partial charge in [-0.15, -0.1) is 0 Å². The van der Waals surface area contributed by atoms with Crippen LogP contribution in [0.25, 0.3) is 0 Å². The molecule has 1 unspecified atom stereocenters. The second kappa shape index (κ2) is 7.85. The summed E-state index contributed by atoms with van der Waals surface area (Å²) in [6.45, 7) is 9.07. The molecule has 1 amide bonds. The summed E-state index contributed by atoms with van der Waals surface area (Å²) in [6, 6.07) is 4.00. The molecule has 5 nitrogen and oxygen atoms in total. The molecular weight excluding hydrogens is 254 g/mol. The van der Waals surface area contributed by atoms with Gasteiger partial charge in [0.25, 0.3) is 0 Å². The number of alkyl carbamates (subject to hydrolysis) is 1. The van der Waals surface area contributed by atoms with E-state index in [1.165, 1.54) is 5.56 Å². The summed E-state index contributed by atoms with van der Waals surface area (Å²) < 4.78 is 5.25. The number of carbonyl (C=O) groups excluding carboxylic acids is 1. The normalized spacial score (nSPS) is 12.8. The van der Waals surface area contributed by atoms with Gasteiger partial charge in [-0.25, -0.2) is 4.79 Å². The van der Waals surface area contributed by atoms with Crippen LogP contribution in [0.4, 0.5) is 4.79 Å². The second-order valence-corrected chi connectivity index (χ2v) is 5.74. The highest BCUT2D eigenvalue weighted by Crippen LogP contribution is 2.07. The first-order valence-electron chi connectivity index (χ1n) is 7.00. The van der Waals surface area contributed by atoms with Crippen molar-refractivity contribution in [3.05, 3.63) is 30.1 Å². The quantitative estimate of drug-likeness (QED) is 0.839. The zero-order valence-corrected chi connectivity index (χ0v) is 12.8. The molecule has 1 rings (SSSR count). The highest BCUT2D eigenvalue weighted by Gasteiger charge is 2.18. The molecule has 5 heteroatoms. The Morgan fingerprint density at radius 1 is 1.35 bits per heavy atom. The maximum absolute atomic E-state index is 11.7. The van der Waals surface area contributed by atoms with Crippen LogP contribution in [0, 0.1) is 0 Å². The van der Waals surface area contributed by atoms with Crippen LogP contribution in [0.1, 0.15) is 39.7 Å². The molecule has 0 saturated heterocycles. The van der Waals surface area contributed by atoms with Crippen molar-refractivity contribution < 1.29 is 9.53 Å². The van der Waals surface area contributed by atoms with Crippen LogP contribution in [-0.4, -0.2) is 29.3 Å². The van der Waals surface area contributed by atoms with Gasteiger partial charge in [0.1, 0.15) is 5.60 Å². The first kappa shape index (κ1) is 16.4. The lowest BCUT2D eigenvalue weighted by molar-refractivity contribution is 0.0502. The van der Waals surface area contributed by atoms with E-state index in [1.54, 1.807) is 12.4 Å². The summed E-state index contributed by atoms with van der Waals surface area (Å²) in [5.74, 6) is 0. The van der Waals surface area contributed by atoms with E-state index in [9.17, 15) is 4.79 Å². The molecular formula is C15H25N3O2. The largest absolute Gasteiger partial charge is 0.444 e. The SMILES string of the molecule is CCC(CNCc1ccncc1)NC(=O)OC(C)(C)C. The van der Waals surface area contributed by atoms with Crippen LogP contribution in [0.5, 0.6) is 0 Å². The molecule has 0 aliphatic carbocycles. The van der Waals surface area contributed by atoms with Gasteiger partial charge in [0.2, 0.25) is 0 Å². The molecule has 1 aromatic rings. The summed E-state index contributed by atoms with van der Waals surface area (Å²) >= 11 is 0. The summed E-state index contributed by atoms with van der Waals surface area (Å²) in [6.07, 6.45) is 4.03. The Bertz CT molecular complexity index is 401. The number of hydrogen-bond acceptors (Lipinski definition) is 4. The molecule has 20 heavy (non-hydrogen) atoms. The van der Waals surface area contributed by atoms with Gasteiger partial charge in [0.15, 0.2) is 0 Å². The fraction of sp³-hybridized carbons (Fsp3) is 0.600. The van der Waals surface area contributed by atoms with Gasteiger partial charge >= 0.3 is 6.09 Å². The number of nitrogens with one attached hydrogen (secondary N) is 2. The number of aromatic nitrogens is 1. The van der Waals surface area contributed by atoms with Crippen LogP contribution in [-0.2, 0) is 11.3 Å². The fourth-order valence-corrected chi connectivity index (χ4v) is 1.66. The van der Waals surface area contributed by atoms with Crippen molar-refractivity contribution in [3.63, 3.8) is 0 Å². The Morgan fingerprint density at radius 2 is 2.00 bits per heavy atom. The van der Waals surface area contributed by atoms with Crippen molar-refractivity contribution in [3.8, 4) is 0 Å². The third-order valence-corrected chi connectivity index (χ3v) is 2.68. The van der Waals surface area contributed by atoms with Crippen LogP contribution in [0.3, 0.4) is 0 Å². The second-order valence-electron chi connectivity index (χ2n) is 5.74. The van der Waals surface area contributed by atoms with Gasteiger partial charge in [0.05, 0.1) is 0 Å². The number of pyridine rings is 1. The zero-order valence-electron chi connectivity index (χ0n) is 12.8. The lowest BCUT2D eigenvalue weighted by atomic mass is 10.2. The Morgan fingerprint density at radius 3 is 2.55 bits per heavy atom. The molecule has 0 fully saturated rings. The Kier molecular flexibility index (Phi) is 6.45. The molecule has 0 aliphatic rings. The van der Waals surface area contributed by atoms with Crippen LogP contribution in [0.2, 0.25) is 0 Å². The lowest BCUT2D eigenvalue weighted by Crippen LogP contribution is -2.43. The van der Waals surface area contributed by atoms with E-state index in [1.807, 2.05) is 39.8 Å². The molecule has 0 bridgehead atoms. The summed E-state index contributed by atoms with van der Waals surface area (Å²) in [5.41, 5.74) is 0.708. The number of hydrogen-bond donors (Lipinski definition) is 2. The number of ether oxygens (including phenoxy) is 1. The van der Waals surface area contributed by atoms with Crippen molar-refractivity contribution in [2.24, 2.45) is 0 Å². The average molecular weight is 279 g/mol. The minimum Gasteiger partial charge on any atom is -0.444 e. The van der Waals surface area contributed by atoms with Gasteiger partial charge < -0.3 is 15.4 Å². The molecule has 1 heterocycles. The molecule has 112 valence electrons. The first-order chi connectivity index (χ1) is 9.40. The Hall–Kier alpha value is -1.62. The van der Waals surface area contributed by atoms with Crippen molar-refractivity contribution in [1.29, 1.82) is 0 Å². The van der Waals surface area contributed by atoms with E-state index >= 15 is 0 Å². The van der Waals surface area contributed by atoms with Gasteiger partial charge in [-0.05, 0) is 44.9 Å². The van der Waals surface area contributed by atoms with E-state index in [4.69, 9.17) is 4.74 Å². The van der Waals surface area contributed by atoms with Crippen molar-refractivity contribution in [1.82, 2.24) is 15.6 Å². The van der Waals surface area contributed by atoms with Crippen LogP contribution in [0.15, 0.2) is 24.5 Å². The molecule has 0 radical (unpaired) electrons. The van der Waals surface area contributed by atoms with Gasteiger partial charge in [-0.1, -0.05) is 6.92 Å². The van der Waals surface area contributed by atoms with E-state index in [-0.39, 0.29) is 12.1 Å². The highest BCUT2D eigenvalue weighted by molar-refractivity contribution is 5.68. The van der Waals surface area contributed by atoms with E-state index in [2.05, 4.69) is 15.6 Å². The van der Waals surface area contributed by atoms with Gasteiger partial charge in [0, 0.05) is 31.5 Å². The Balaban J connectivity index is 2.31. The van der Waals surface area contributed by atoms with E-state index in [0.29, 0.717) is 6.54 Å². The minimum atomic E-state index is -0.465. The molecule has 0 aromatic carbocycles. The standard InChI is InChI=1S/C15H25N3O2/c1-5-13(18-14(19)20-15(2,3)4)11-17-10-12-6-8-16-9-7-12/h6-9,13,17H,5,10-11H2,1-4H3,(H,18,19). The third-order valence-electron chi connectivity index (χ3n) is 2.68. The van der Waals surface area contributed by atoms with E-state index in [0.717, 1.165) is 13.0 Å². The number of carbonyl (C=O) groups is 1. The van der Waals surface area contributed by atoms with Crippen molar-refractivity contribution in [2.75, 3.05) is 6.54 Å². The number of nitrogens with zero attached hydrogens (tertiary/aromatic N) is 1. The molecule has 1 aromatic heterocycles. The van der Waals surface area contributed by atoms with Crippen molar-refractivity contribution in [2.45, 2.75) is 52.3 Å². The van der Waals surface area contributed by atoms with Gasteiger partial charge in [-0.2, -0.15) is 0 Å². The van der Waals surface area contributed by atoms with Crippen LogP contribution < -0.4 is 10.6 Å². The van der Waals surface area contributed by atoms with E-state index < -0.39 is 5.60 Å². The molecule has 0 spiro atoms. The monoisotopic (exact) mass is 279 g/mol. The fourth-order valence-electron chi connectivity index (χ4n) is 1.66. The number of rotatable bonds is 6.